The van der Waals surface area contributed by atoms with E-state index in [0.29, 0.717) is 5.56 Å². The Kier molecular flexibility index (Phi) is 3.61. The van der Waals surface area contributed by atoms with Crippen LogP contribution in [0.15, 0.2) is 18.7 Å². The maximum atomic E-state index is 10.8. The largest absolute Gasteiger partial charge is 0.508 e. The van der Waals surface area contributed by atoms with Crippen LogP contribution in [0.2, 0.25) is 0 Å². The molecule has 3 nitrogen and oxygen atoms in total. The van der Waals surface area contributed by atoms with E-state index in [1.54, 1.807) is 12.1 Å². The maximum Gasteiger partial charge on any atom is 0.122 e. The van der Waals surface area contributed by atoms with Gasteiger partial charge in [0.1, 0.15) is 5.75 Å². The molecule has 0 aliphatic heterocycles. The van der Waals surface area contributed by atoms with E-state index in [1.807, 2.05) is 6.92 Å². The first-order valence-corrected chi connectivity index (χ1v) is 8.17. The van der Waals surface area contributed by atoms with Crippen LogP contribution < -0.4 is 0 Å². The van der Waals surface area contributed by atoms with Crippen LogP contribution in [0.1, 0.15) is 61.5 Å². The average molecular weight is 302 g/mol. The van der Waals surface area contributed by atoms with Gasteiger partial charge in [-0.25, -0.2) is 0 Å². The predicted octanol–water partition coefficient (Wildman–Crippen LogP) is 3.15. The molecule has 120 valence electrons. The van der Waals surface area contributed by atoms with E-state index in [4.69, 9.17) is 0 Å². The van der Waals surface area contributed by atoms with Crippen molar-refractivity contribution in [1.82, 2.24) is 0 Å². The minimum atomic E-state index is -0.721. The van der Waals surface area contributed by atoms with Crippen LogP contribution in [0.25, 0.3) is 0 Å². The number of benzene rings is 1. The molecule has 0 bridgehead atoms. The quantitative estimate of drug-likeness (QED) is 0.736. The first-order valence-electron chi connectivity index (χ1n) is 8.17. The molecule has 2 aliphatic carbocycles. The third kappa shape index (κ3) is 2.03. The zero-order valence-electron chi connectivity index (χ0n) is 13.5. The zero-order valence-corrected chi connectivity index (χ0v) is 13.5. The van der Waals surface area contributed by atoms with Gasteiger partial charge >= 0.3 is 0 Å². The Balaban J connectivity index is 2.21. The summed E-state index contributed by atoms with van der Waals surface area (Å²) in [5.74, 6) is 0.163. The van der Waals surface area contributed by atoms with Crippen LogP contribution in [0, 0.1) is 5.41 Å². The van der Waals surface area contributed by atoms with Crippen molar-refractivity contribution in [3.63, 3.8) is 0 Å². The normalized spacial score (nSPS) is 33.9. The molecule has 2 aliphatic rings. The minimum absolute atomic E-state index is 0.0884. The lowest BCUT2D eigenvalue weighted by atomic mass is 9.64. The molecule has 0 amide bonds. The summed E-state index contributed by atoms with van der Waals surface area (Å²) in [4.78, 5) is 0. The lowest BCUT2D eigenvalue weighted by Crippen LogP contribution is -2.35. The summed E-state index contributed by atoms with van der Waals surface area (Å²) in [6.07, 6.45) is 5.69. The Labute approximate surface area is 132 Å². The van der Waals surface area contributed by atoms with E-state index < -0.39 is 11.5 Å². The Bertz CT molecular complexity index is 622. The van der Waals surface area contributed by atoms with Crippen LogP contribution in [-0.4, -0.2) is 21.9 Å². The molecule has 0 unspecified atom stereocenters. The van der Waals surface area contributed by atoms with Gasteiger partial charge in [0.15, 0.2) is 0 Å². The van der Waals surface area contributed by atoms with Gasteiger partial charge < -0.3 is 15.3 Å². The van der Waals surface area contributed by atoms with Gasteiger partial charge in [0.2, 0.25) is 0 Å². The fourth-order valence-corrected chi connectivity index (χ4v) is 4.22. The third-order valence-corrected chi connectivity index (χ3v) is 6.00. The van der Waals surface area contributed by atoms with E-state index >= 15 is 0 Å². The summed E-state index contributed by atoms with van der Waals surface area (Å²) >= 11 is 0. The highest BCUT2D eigenvalue weighted by molar-refractivity contribution is 5.55. The summed E-state index contributed by atoms with van der Waals surface area (Å²) in [6.45, 7) is 8.00. The average Bonchev–Trinajstić information content (AvgIpc) is 2.51. The van der Waals surface area contributed by atoms with Gasteiger partial charge in [0.05, 0.1) is 12.7 Å². The molecule has 3 atom stereocenters. The van der Waals surface area contributed by atoms with Gasteiger partial charge in [-0.15, -0.1) is 6.58 Å². The predicted molar refractivity (Wildman–Crippen MR) is 87.1 cm³/mol. The number of hydrogen-bond acceptors (Lipinski definition) is 3. The Morgan fingerprint density at radius 1 is 1.27 bits per heavy atom. The van der Waals surface area contributed by atoms with E-state index in [-0.39, 0.29) is 17.8 Å². The van der Waals surface area contributed by atoms with Crippen LogP contribution in [0.3, 0.4) is 0 Å². The number of aromatic hydroxyl groups is 1. The van der Waals surface area contributed by atoms with Gasteiger partial charge in [0, 0.05) is 16.4 Å². The first-order chi connectivity index (χ1) is 10.4. The molecule has 0 fully saturated rings. The highest BCUT2D eigenvalue weighted by atomic mass is 16.3. The lowest BCUT2D eigenvalue weighted by molar-refractivity contribution is 0.0520. The third-order valence-electron chi connectivity index (χ3n) is 6.00. The molecule has 3 rings (SSSR count). The molecule has 3 heteroatoms. The Morgan fingerprint density at radius 3 is 2.64 bits per heavy atom. The molecular weight excluding hydrogens is 276 g/mol. The number of aliphatic hydroxyl groups excluding tert-OH is 2. The van der Waals surface area contributed by atoms with Crippen LogP contribution in [0.4, 0.5) is 0 Å². The summed E-state index contributed by atoms with van der Waals surface area (Å²) in [5.41, 5.74) is 3.39. The first kappa shape index (κ1) is 15.6. The van der Waals surface area contributed by atoms with Gasteiger partial charge in [-0.05, 0) is 54.9 Å². The second kappa shape index (κ2) is 5.10. The van der Waals surface area contributed by atoms with Crippen molar-refractivity contribution in [2.45, 2.75) is 57.5 Å². The van der Waals surface area contributed by atoms with E-state index in [2.05, 4.69) is 13.5 Å². The lowest BCUT2D eigenvalue weighted by Gasteiger charge is -2.42. The van der Waals surface area contributed by atoms with Gasteiger partial charge in [0.25, 0.3) is 0 Å². The minimum Gasteiger partial charge on any atom is -0.508 e. The zero-order chi connectivity index (χ0) is 16.1. The fraction of sp³-hybridized carbons (Fsp3) is 0.579. The van der Waals surface area contributed by atoms with Crippen molar-refractivity contribution in [3.05, 3.63) is 41.0 Å². The van der Waals surface area contributed by atoms with E-state index in [1.165, 1.54) is 5.56 Å². The number of aliphatic hydroxyl groups is 2. The van der Waals surface area contributed by atoms with Crippen molar-refractivity contribution in [2.75, 3.05) is 6.61 Å². The van der Waals surface area contributed by atoms with Crippen molar-refractivity contribution >= 4 is 0 Å². The summed E-state index contributed by atoms with van der Waals surface area (Å²) in [6, 6.07) is 1.78. The Hall–Kier alpha value is -1.32. The topological polar surface area (TPSA) is 60.7 Å². The highest BCUT2D eigenvalue weighted by Gasteiger charge is 2.42. The molecule has 22 heavy (non-hydrogen) atoms. The second-order valence-electron chi connectivity index (χ2n) is 7.50. The van der Waals surface area contributed by atoms with Gasteiger partial charge in [-0.1, -0.05) is 19.9 Å². The number of phenolic OH excluding ortho intramolecular Hbond substituents is 1. The fourth-order valence-electron chi connectivity index (χ4n) is 4.22. The molecule has 0 heterocycles. The molecule has 0 spiro atoms. The van der Waals surface area contributed by atoms with Crippen LogP contribution in [-0.2, 0) is 18.3 Å². The monoisotopic (exact) mass is 302 g/mol. The van der Waals surface area contributed by atoms with Gasteiger partial charge in [-0.2, -0.15) is 0 Å². The Morgan fingerprint density at radius 2 is 2.00 bits per heavy atom. The maximum absolute atomic E-state index is 10.8. The van der Waals surface area contributed by atoms with Crippen LogP contribution >= 0.6 is 0 Å². The molecule has 0 radical (unpaired) electrons. The summed E-state index contributed by atoms with van der Waals surface area (Å²) in [5, 5.41) is 31.2. The molecule has 0 aromatic heterocycles. The molecule has 0 saturated carbocycles. The highest BCUT2D eigenvalue weighted by Crippen LogP contribution is 2.51. The van der Waals surface area contributed by atoms with Crippen molar-refractivity contribution < 1.29 is 15.3 Å². The van der Waals surface area contributed by atoms with E-state index in [9.17, 15) is 15.3 Å². The molecular formula is C19H26O3. The van der Waals surface area contributed by atoms with Gasteiger partial charge in [-0.3, -0.25) is 0 Å². The summed E-state index contributed by atoms with van der Waals surface area (Å²) < 4.78 is 0. The molecule has 1 aromatic rings. The number of phenols is 1. The standard InChI is InChI=1S/C19H26O3/c1-4-18(2)9-7-13-12-6-5-8-19(3,11-20)14(12)10-15(21)16(13)17(18)22/h4,10,17,20-22H,1,5-9,11H2,2-3H3/t17-,18-,19+/m0/s1. The summed E-state index contributed by atoms with van der Waals surface area (Å²) in [7, 11) is 0. The smallest absolute Gasteiger partial charge is 0.122 e. The molecule has 1 aromatic carbocycles. The molecule has 0 saturated heterocycles. The second-order valence-corrected chi connectivity index (χ2v) is 7.50. The number of fused-ring (bicyclic) bond motifs is 3. The molecule has 3 N–H and O–H groups in total. The number of rotatable bonds is 2. The number of hydrogen-bond donors (Lipinski definition) is 3. The van der Waals surface area contributed by atoms with Crippen LogP contribution in [0.5, 0.6) is 5.75 Å². The SMILES string of the molecule is C=C[C@@]1(C)CCc2c3c(cc(O)c2[C@@H]1O)[C@@](C)(CO)CCC3. The van der Waals surface area contributed by atoms with E-state index in [0.717, 1.165) is 43.2 Å². The van der Waals surface area contributed by atoms with Crippen molar-refractivity contribution in [2.24, 2.45) is 5.41 Å². The van der Waals surface area contributed by atoms with Crippen molar-refractivity contribution in [1.29, 1.82) is 0 Å². The van der Waals surface area contributed by atoms with Crippen molar-refractivity contribution in [3.8, 4) is 5.75 Å².